The van der Waals surface area contributed by atoms with Gasteiger partial charge in [-0.15, -0.1) is 0 Å². The molecule has 0 unspecified atom stereocenters. The van der Waals surface area contributed by atoms with E-state index in [-0.39, 0.29) is 11.6 Å². The molecule has 0 heterocycles. The van der Waals surface area contributed by atoms with Crippen molar-refractivity contribution in [2.24, 2.45) is 0 Å². The average molecular weight is 234 g/mol. The molecule has 1 aromatic carbocycles. The molecule has 3 nitrogen and oxygen atoms in total. The number of urea groups is 1. The Hall–Kier alpha value is -1.51. The van der Waals surface area contributed by atoms with Crippen LogP contribution in [-0.2, 0) is 6.54 Å². The van der Waals surface area contributed by atoms with Gasteiger partial charge < -0.3 is 10.2 Å². The van der Waals surface area contributed by atoms with Crippen molar-refractivity contribution in [3.63, 3.8) is 0 Å². The monoisotopic (exact) mass is 234 g/mol. The molecule has 1 N–H and O–H groups in total. The highest BCUT2D eigenvalue weighted by atomic mass is 16.2. The Bertz CT molecular complexity index is 393. The van der Waals surface area contributed by atoms with Gasteiger partial charge in [0.05, 0.1) is 0 Å². The largest absolute Gasteiger partial charge is 0.333 e. The van der Waals surface area contributed by atoms with Gasteiger partial charge in [-0.05, 0) is 38.8 Å². The van der Waals surface area contributed by atoms with Gasteiger partial charge in [0.15, 0.2) is 0 Å². The highest BCUT2D eigenvalue weighted by molar-refractivity contribution is 5.74. The summed E-state index contributed by atoms with van der Waals surface area (Å²) >= 11 is 0. The second-order valence-corrected chi connectivity index (χ2v) is 5.46. The fourth-order valence-electron chi connectivity index (χ4n) is 1.53. The molecular weight excluding hydrogens is 212 g/mol. The molecule has 0 atom stereocenters. The fourth-order valence-corrected chi connectivity index (χ4v) is 1.53. The molecule has 0 spiro atoms. The van der Waals surface area contributed by atoms with Gasteiger partial charge in [0.2, 0.25) is 0 Å². The predicted octanol–water partition coefficient (Wildman–Crippen LogP) is 2.93. The third kappa shape index (κ3) is 4.47. The van der Waals surface area contributed by atoms with Crippen LogP contribution >= 0.6 is 0 Å². The molecule has 0 radical (unpaired) electrons. The molecule has 0 bridgehead atoms. The molecule has 17 heavy (non-hydrogen) atoms. The van der Waals surface area contributed by atoms with Gasteiger partial charge in [-0.25, -0.2) is 4.79 Å². The van der Waals surface area contributed by atoms with Crippen LogP contribution in [0.5, 0.6) is 0 Å². The van der Waals surface area contributed by atoms with Crippen molar-refractivity contribution in [2.75, 3.05) is 7.05 Å². The molecule has 1 aromatic rings. The molecule has 0 aliphatic heterocycles. The third-order valence-corrected chi connectivity index (χ3v) is 2.50. The number of nitrogens with zero attached hydrogens (tertiary/aromatic N) is 1. The number of aryl methyl sites for hydroxylation is 1. The van der Waals surface area contributed by atoms with Gasteiger partial charge in [-0.3, -0.25) is 0 Å². The molecule has 1 rings (SSSR count). The van der Waals surface area contributed by atoms with E-state index in [4.69, 9.17) is 0 Å². The molecule has 94 valence electrons. The predicted molar refractivity (Wildman–Crippen MR) is 70.9 cm³/mol. The number of hydrogen-bond acceptors (Lipinski definition) is 1. The summed E-state index contributed by atoms with van der Waals surface area (Å²) in [5, 5.41) is 2.95. The lowest BCUT2D eigenvalue weighted by Crippen LogP contribution is -2.46. The molecule has 0 aromatic heterocycles. The lowest BCUT2D eigenvalue weighted by molar-refractivity contribution is 0.197. The summed E-state index contributed by atoms with van der Waals surface area (Å²) in [6.45, 7) is 8.63. The van der Waals surface area contributed by atoms with Crippen molar-refractivity contribution in [2.45, 2.75) is 39.8 Å². The molecule has 0 saturated heterocycles. The third-order valence-electron chi connectivity index (χ3n) is 2.50. The molecule has 3 heteroatoms. The van der Waals surface area contributed by atoms with Crippen molar-refractivity contribution in [3.05, 3.63) is 35.4 Å². The van der Waals surface area contributed by atoms with E-state index >= 15 is 0 Å². The van der Waals surface area contributed by atoms with Crippen molar-refractivity contribution < 1.29 is 4.79 Å². The van der Waals surface area contributed by atoms with Gasteiger partial charge in [-0.1, -0.05) is 24.3 Å². The Labute approximate surface area is 104 Å². The molecule has 0 aliphatic rings. The zero-order valence-corrected chi connectivity index (χ0v) is 11.4. The first kappa shape index (κ1) is 13.6. The van der Waals surface area contributed by atoms with Gasteiger partial charge in [0.1, 0.15) is 0 Å². The quantitative estimate of drug-likeness (QED) is 0.838. The number of nitrogens with one attached hydrogen (secondary N) is 1. The molecule has 0 aliphatic carbocycles. The lowest BCUT2D eigenvalue weighted by atomic mass is 10.1. The highest BCUT2D eigenvalue weighted by Crippen LogP contribution is 2.10. The Kier molecular flexibility index (Phi) is 4.16. The maximum absolute atomic E-state index is 11.9. The van der Waals surface area contributed by atoms with E-state index in [0.717, 1.165) is 0 Å². The summed E-state index contributed by atoms with van der Waals surface area (Å²) in [7, 11) is 1.81. The number of rotatable bonds is 2. The van der Waals surface area contributed by atoms with Gasteiger partial charge in [-0.2, -0.15) is 0 Å². The second kappa shape index (κ2) is 5.21. The van der Waals surface area contributed by atoms with Crippen LogP contribution in [0.1, 0.15) is 31.9 Å². The maximum atomic E-state index is 11.9. The minimum absolute atomic E-state index is 0.0410. The van der Waals surface area contributed by atoms with Gasteiger partial charge >= 0.3 is 6.03 Å². The minimum Gasteiger partial charge on any atom is -0.333 e. The number of benzene rings is 1. The minimum atomic E-state index is -0.197. The summed E-state index contributed by atoms with van der Waals surface area (Å²) in [5.74, 6) is 0. The first-order valence-electron chi connectivity index (χ1n) is 5.87. The average Bonchev–Trinajstić information content (AvgIpc) is 2.18. The van der Waals surface area contributed by atoms with Crippen LogP contribution in [0.15, 0.2) is 24.3 Å². The molecule has 0 fully saturated rings. The van der Waals surface area contributed by atoms with Crippen LogP contribution in [0.3, 0.4) is 0 Å². The van der Waals surface area contributed by atoms with E-state index in [1.807, 2.05) is 40.0 Å². The Morgan fingerprint density at radius 3 is 2.41 bits per heavy atom. The summed E-state index contributed by atoms with van der Waals surface area (Å²) < 4.78 is 0. The molecular formula is C14H22N2O. The van der Waals surface area contributed by atoms with Crippen LogP contribution in [-0.4, -0.2) is 23.5 Å². The SMILES string of the molecule is Cc1ccccc1CN(C)C(=O)NC(C)(C)C. The summed E-state index contributed by atoms with van der Waals surface area (Å²) in [5.41, 5.74) is 2.19. The van der Waals surface area contributed by atoms with Crippen molar-refractivity contribution in [1.29, 1.82) is 0 Å². The number of amides is 2. The maximum Gasteiger partial charge on any atom is 0.317 e. The highest BCUT2D eigenvalue weighted by Gasteiger charge is 2.17. The van der Waals surface area contributed by atoms with E-state index < -0.39 is 0 Å². The normalized spacial score (nSPS) is 11.1. The fraction of sp³-hybridized carbons (Fsp3) is 0.500. The second-order valence-electron chi connectivity index (χ2n) is 5.46. The number of carbonyl (C=O) groups is 1. The number of carbonyl (C=O) groups excluding carboxylic acids is 1. The first-order valence-corrected chi connectivity index (χ1v) is 5.87. The van der Waals surface area contributed by atoms with Crippen LogP contribution in [0.2, 0.25) is 0 Å². The zero-order chi connectivity index (χ0) is 13.1. The van der Waals surface area contributed by atoms with E-state index in [1.54, 1.807) is 4.90 Å². The van der Waals surface area contributed by atoms with Crippen LogP contribution < -0.4 is 5.32 Å². The van der Waals surface area contributed by atoms with Crippen LogP contribution in [0, 0.1) is 6.92 Å². The van der Waals surface area contributed by atoms with Gasteiger partial charge in [0.25, 0.3) is 0 Å². The summed E-state index contributed by atoms with van der Waals surface area (Å²) in [4.78, 5) is 13.6. The van der Waals surface area contributed by atoms with E-state index in [9.17, 15) is 4.79 Å². The van der Waals surface area contributed by atoms with Crippen molar-refractivity contribution in [1.82, 2.24) is 10.2 Å². The van der Waals surface area contributed by atoms with E-state index in [0.29, 0.717) is 6.54 Å². The topological polar surface area (TPSA) is 32.3 Å². The van der Waals surface area contributed by atoms with E-state index in [2.05, 4.69) is 24.4 Å². The lowest BCUT2D eigenvalue weighted by Gasteiger charge is -2.26. The Morgan fingerprint density at radius 2 is 1.88 bits per heavy atom. The van der Waals surface area contributed by atoms with Gasteiger partial charge in [0, 0.05) is 19.1 Å². The smallest absolute Gasteiger partial charge is 0.317 e. The standard InChI is InChI=1S/C14H22N2O/c1-11-8-6-7-9-12(11)10-16(5)13(17)15-14(2,3)4/h6-9H,10H2,1-5H3,(H,15,17). The zero-order valence-electron chi connectivity index (χ0n) is 11.4. The Balaban J connectivity index is 2.64. The summed E-state index contributed by atoms with van der Waals surface area (Å²) in [6.07, 6.45) is 0. The number of hydrogen-bond donors (Lipinski definition) is 1. The Morgan fingerprint density at radius 1 is 1.29 bits per heavy atom. The van der Waals surface area contributed by atoms with Crippen molar-refractivity contribution in [3.8, 4) is 0 Å². The molecule has 0 saturated carbocycles. The van der Waals surface area contributed by atoms with E-state index in [1.165, 1.54) is 11.1 Å². The first-order chi connectivity index (χ1) is 7.79. The van der Waals surface area contributed by atoms with Crippen molar-refractivity contribution >= 4 is 6.03 Å². The van der Waals surface area contributed by atoms with Crippen LogP contribution in [0.25, 0.3) is 0 Å². The molecule has 2 amide bonds. The van der Waals surface area contributed by atoms with Crippen LogP contribution in [0.4, 0.5) is 4.79 Å². The summed E-state index contributed by atoms with van der Waals surface area (Å²) in [6, 6.07) is 8.08.